The van der Waals surface area contributed by atoms with Crippen molar-refractivity contribution in [3.63, 3.8) is 0 Å². The van der Waals surface area contributed by atoms with Gasteiger partial charge in [0.05, 0.1) is 12.2 Å². The van der Waals surface area contributed by atoms with E-state index in [9.17, 15) is 9.59 Å². The maximum Gasteiger partial charge on any atom is 0.253 e. The number of hydrogen-bond acceptors (Lipinski definition) is 6. The summed E-state index contributed by atoms with van der Waals surface area (Å²) in [6.07, 6.45) is 7.61. The highest BCUT2D eigenvalue weighted by Crippen LogP contribution is 2.39. The molecule has 5 heterocycles. The summed E-state index contributed by atoms with van der Waals surface area (Å²) in [6, 6.07) is 8.89. The number of carbonyl (C=O) groups excluding carboxylic acids is 2. The summed E-state index contributed by atoms with van der Waals surface area (Å²) in [4.78, 5) is 35.1. The number of piperidine rings is 1. The van der Waals surface area contributed by atoms with E-state index in [1.165, 1.54) is 5.56 Å². The van der Waals surface area contributed by atoms with Gasteiger partial charge in [-0.05, 0) is 76.4 Å². The largest absolute Gasteiger partial charge is 0.493 e. The number of carbonyl (C=O) groups is 2. The van der Waals surface area contributed by atoms with Crippen molar-refractivity contribution in [2.45, 2.75) is 69.6 Å². The Hall–Kier alpha value is -3.13. The zero-order chi connectivity index (χ0) is 24.8. The molecular formula is C28H35N5O3. The van der Waals surface area contributed by atoms with Crippen LogP contribution in [0, 0.1) is 6.92 Å². The highest BCUT2D eigenvalue weighted by Gasteiger charge is 2.42. The molecule has 3 fully saturated rings. The Bertz CT molecular complexity index is 1150. The molecular weight excluding hydrogens is 454 g/mol. The molecule has 1 aromatic carbocycles. The summed E-state index contributed by atoms with van der Waals surface area (Å²) in [7, 11) is 2.08. The van der Waals surface area contributed by atoms with E-state index < -0.39 is 0 Å². The molecule has 4 atom stereocenters. The number of benzene rings is 1. The van der Waals surface area contributed by atoms with Crippen molar-refractivity contribution in [1.82, 2.24) is 20.5 Å². The Morgan fingerprint density at radius 1 is 1.00 bits per heavy atom. The van der Waals surface area contributed by atoms with Gasteiger partial charge in [-0.2, -0.15) is 0 Å². The zero-order valence-corrected chi connectivity index (χ0v) is 21.1. The third-order valence-electron chi connectivity index (χ3n) is 8.42. The van der Waals surface area contributed by atoms with Crippen molar-refractivity contribution in [3.05, 3.63) is 52.7 Å². The molecule has 36 heavy (non-hydrogen) atoms. The lowest BCUT2D eigenvalue weighted by Gasteiger charge is -2.40. The van der Waals surface area contributed by atoms with Crippen LogP contribution in [0.25, 0.3) is 0 Å². The lowest BCUT2D eigenvalue weighted by molar-refractivity contribution is 0.0922. The van der Waals surface area contributed by atoms with E-state index in [1.54, 1.807) is 6.20 Å². The SMILES string of the molecule is Cc1c(C(=O)NC2C[C@H]3CC[C@@H](C2)N3c2ccc(C(=O)N[C@@H]3CCN(C)C3)cn2)ccc2c1OCC2. The van der Waals surface area contributed by atoms with Gasteiger partial charge in [0.25, 0.3) is 11.8 Å². The molecule has 0 spiro atoms. The summed E-state index contributed by atoms with van der Waals surface area (Å²) in [5.41, 5.74) is 3.45. The Kier molecular flexibility index (Phi) is 6.07. The second-order valence-corrected chi connectivity index (χ2v) is 10.9. The van der Waals surface area contributed by atoms with Crippen LogP contribution < -0.4 is 20.3 Å². The highest BCUT2D eigenvalue weighted by atomic mass is 16.5. The number of hydrogen-bond donors (Lipinski definition) is 2. The first-order chi connectivity index (χ1) is 17.5. The lowest BCUT2D eigenvalue weighted by Crippen LogP contribution is -2.50. The number of likely N-dealkylation sites (tertiary alicyclic amines) is 1. The molecule has 6 rings (SSSR count). The normalized spacial score (nSPS) is 27.0. The molecule has 0 radical (unpaired) electrons. The van der Waals surface area contributed by atoms with Gasteiger partial charge in [0.1, 0.15) is 11.6 Å². The standard InChI is InChI=1S/C28H35N5O3/c1-17-24(7-3-18-10-12-36-26(17)18)28(35)31-21-13-22-5-6-23(14-21)33(22)25-8-4-19(15-29-25)27(34)30-20-9-11-32(2)16-20/h3-4,7-8,15,20-23H,5-6,9-14,16H2,1-2H3,(H,30,34)(H,31,35)/t20-,21?,22-,23+/m1/s1. The third-order valence-corrected chi connectivity index (χ3v) is 8.42. The van der Waals surface area contributed by atoms with Gasteiger partial charge in [-0.15, -0.1) is 0 Å². The van der Waals surface area contributed by atoms with Crippen LogP contribution in [0.1, 0.15) is 63.9 Å². The molecule has 3 saturated heterocycles. The van der Waals surface area contributed by atoms with Gasteiger partial charge in [-0.3, -0.25) is 9.59 Å². The molecule has 2 aromatic rings. The Labute approximate surface area is 212 Å². The predicted molar refractivity (Wildman–Crippen MR) is 138 cm³/mol. The molecule has 8 heteroatoms. The van der Waals surface area contributed by atoms with Crippen LogP contribution in [0.15, 0.2) is 30.5 Å². The number of aromatic nitrogens is 1. The zero-order valence-electron chi connectivity index (χ0n) is 21.1. The fourth-order valence-corrected chi connectivity index (χ4v) is 6.58. The molecule has 2 N–H and O–H groups in total. The van der Waals surface area contributed by atoms with Crippen molar-refractivity contribution in [1.29, 1.82) is 0 Å². The van der Waals surface area contributed by atoms with Gasteiger partial charge in [-0.25, -0.2) is 4.98 Å². The first kappa shape index (κ1) is 23.3. The average molecular weight is 490 g/mol. The minimum absolute atomic E-state index is 0.00871. The smallest absolute Gasteiger partial charge is 0.253 e. The number of nitrogens with one attached hydrogen (secondary N) is 2. The number of pyridine rings is 1. The van der Waals surface area contributed by atoms with E-state index in [0.29, 0.717) is 29.8 Å². The molecule has 0 aliphatic carbocycles. The van der Waals surface area contributed by atoms with E-state index in [2.05, 4.69) is 32.5 Å². The van der Waals surface area contributed by atoms with Crippen LogP contribution in [0.4, 0.5) is 5.82 Å². The summed E-state index contributed by atoms with van der Waals surface area (Å²) in [5, 5.41) is 6.43. The highest BCUT2D eigenvalue weighted by molar-refractivity contribution is 5.97. The third kappa shape index (κ3) is 4.32. The summed E-state index contributed by atoms with van der Waals surface area (Å²) in [6.45, 7) is 4.59. The van der Waals surface area contributed by atoms with Gasteiger partial charge in [0.15, 0.2) is 0 Å². The molecule has 1 aromatic heterocycles. The van der Waals surface area contributed by atoms with Crippen LogP contribution in [0.2, 0.25) is 0 Å². The molecule has 8 nitrogen and oxygen atoms in total. The second kappa shape index (κ2) is 9.39. The van der Waals surface area contributed by atoms with Crippen molar-refractivity contribution in [2.24, 2.45) is 0 Å². The molecule has 0 saturated carbocycles. The fourth-order valence-electron chi connectivity index (χ4n) is 6.58. The van der Waals surface area contributed by atoms with E-state index >= 15 is 0 Å². The van der Waals surface area contributed by atoms with Gasteiger partial charge < -0.3 is 25.2 Å². The monoisotopic (exact) mass is 489 g/mol. The number of rotatable bonds is 5. The van der Waals surface area contributed by atoms with E-state index in [4.69, 9.17) is 4.74 Å². The molecule has 1 unspecified atom stereocenters. The maximum absolute atomic E-state index is 13.1. The van der Waals surface area contributed by atoms with Gasteiger partial charge in [0.2, 0.25) is 0 Å². The fraction of sp³-hybridized carbons (Fsp3) is 0.536. The minimum atomic E-state index is -0.0500. The van der Waals surface area contributed by atoms with Crippen molar-refractivity contribution >= 4 is 17.6 Å². The molecule has 4 aliphatic heterocycles. The van der Waals surface area contributed by atoms with E-state index in [0.717, 1.165) is 68.7 Å². The van der Waals surface area contributed by atoms with Crippen LogP contribution in [0.5, 0.6) is 5.75 Å². The number of ether oxygens (including phenoxy) is 1. The quantitative estimate of drug-likeness (QED) is 0.672. The number of nitrogens with zero attached hydrogens (tertiary/aromatic N) is 3. The molecule has 190 valence electrons. The van der Waals surface area contributed by atoms with Gasteiger partial charge in [0, 0.05) is 54.5 Å². The first-order valence-electron chi connectivity index (χ1n) is 13.3. The predicted octanol–water partition coefficient (Wildman–Crippen LogP) is 2.69. The number of fused-ring (bicyclic) bond motifs is 3. The summed E-state index contributed by atoms with van der Waals surface area (Å²) < 4.78 is 5.76. The van der Waals surface area contributed by atoms with Crippen LogP contribution in [0.3, 0.4) is 0 Å². The molecule has 2 bridgehead atoms. The topological polar surface area (TPSA) is 86.8 Å². The van der Waals surface area contributed by atoms with Gasteiger partial charge >= 0.3 is 0 Å². The van der Waals surface area contributed by atoms with Crippen molar-refractivity contribution in [3.8, 4) is 5.75 Å². The summed E-state index contributed by atoms with van der Waals surface area (Å²) in [5.74, 6) is 1.75. The Balaban J connectivity index is 1.08. The number of amides is 2. The van der Waals surface area contributed by atoms with Crippen molar-refractivity contribution < 1.29 is 14.3 Å². The van der Waals surface area contributed by atoms with Crippen LogP contribution in [-0.2, 0) is 6.42 Å². The van der Waals surface area contributed by atoms with Crippen molar-refractivity contribution in [2.75, 3.05) is 31.6 Å². The van der Waals surface area contributed by atoms with Crippen LogP contribution >= 0.6 is 0 Å². The minimum Gasteiger partial charge on any atom is -0.493 e. The number of anilines is 1. The summed E-state index contributed by atoms with van der Waals surface area (Å²) >= 11 is 0. The average Bonchev–Trinajstić information content (AvgIpc) is 3.57. The maximum atomic E-state index is 13.1. The van der Waals surface area contributed by atoms with Gasteiger partial charge in [-0.1, -0.05) is 6.07 Å². The van der Waals surface area contributed by atoms with E-state index in [-0.39, 0.29) is 23.9 Å². The lowest BCUT2D eigenvalue weighted by atomic mass is 9.96. The van der Waals surface area contributed by atoms with Crippen LogP contribution in [-0.4, -0.2) is 72.6 Å². The molecule has 4 aliphatic rings. The first-order valence-corrected chi connectivity index (χ1v) is 13.3. The Morgan fingerprint density at radius 3 is 2.47 bits per heavy atom. The second-order valence-electron chi connectivity index (χ2n) is 10.9. The van der Waals surface area contributed by atoms with E-state index in [1.807, 2.05) is 31.2 Å². The number of likely N-dealkylation sites (N-methyl/N-ethyl adjacent to an activating group) is 1. The molecule has 2 amide bonds. The Morgan fingerprint density at radius 2 is 1.78 bits per heavy atom.